The number of halogens is 1. The first kappa shape index (κ1) is 18.4. The van der Waals surface area contributed by atoms with Crippen molar-refractivity contribution in [2.24, 2.45) is 0 Å². The molecule has 1 aromatic heterocycles. The predicted molar refractivity (Wildman–Crippen MR) is 103 cm³/mol. The summed E-state index contributed by atoms with van der Waals surface area (Å²) in [5.74, 6) is 0.754. The molecule has 1 aliphatic rings. The maximum Gasteiger partial charge on any atom is 0.133 e. The number of piperidine rings is 1. The van der Waals surface area contributed by atoms with Gasteiger partial charge in [-0.2, -0.15) is 0 Å². The van der Waals surface area contributed by atoms with Crippen LogP contribution in [0.15, 0.2) is 61.2 Å². The zero-order chi connectivity index (χ0) is 18.4. The van der Waals surface area contributed by atoms with E-state index in [1.165, 1.54) is 5.56 Å². The molecule has 2 atom stereocenters. The quantitative estimate of drug-likeness (QED) is 0.801. The van der Waals surface area contributed by atoms with Crippen LogP contribution in [0.25, 0.3) is 0 Å². The van der Waals surface area contributed by atoms with Gasteiger partial charge in [0.15, 0.2) is 0 Å². The first-order chi connectivity index (χ1) is 12.6. The van der Waals surface area contributed by atoms with Crippen molar-refractivity contribution in [3.05, 3.63) is 77.9 Å². The third-order valence-corrected chi connectivity index (χ3v) is 4.81. The van der Waals surface area contributed by atoms with E-state index in [1.807, 2.05) is 18.3 Å². The van der Waals surface area contributed by atoms with E-state index < -0.39 is 6.17 Å². The Balaban J connectivity index is 1.72. The lowest BCUT2D eigenvalue weighted by Crippen LogP contribution is -2.51. The third kappa shape index (κ3) is 4.82. The molecule has 2 heterocycles. The molecule has 1 aliphatic heterocycles. The molecule has 2 aromatic rings. The molecular formula is C21H27FN4. The lowest BCUT2D eigenvalue weighted by molar-refractivity contribution is 0.0997. The minimum absolute atomic E-state index is 0.175. The summed E-state index contributed by atoms with van der Waals surface area (Å²) < 4.78 is 14.6. The number of rotatable bonds is 7. The van der Waals surface area contributed by atoms with Gasteiger partial charge in [-0.15, -0.1) is 0 Å². The van der Waals surface area contributed by atoms with Crippen LogP contribution in [-0.4, -0.2) is 35.2 Å². The minimum Gasteiger partial charge on any atom is -0.368 e. The monoisotopic (exact) mass is 354 g/mol. The molecule has 0 aliphatic carbocycles. The predicted octanol–water partition coefficient (Wildman–Crippen LogP) is 3.15. The van der Waals surface area contributed by atoms with E-state index in [0.717, 1.165) is 29.9 Å². The van der Waals surface area contributed by atoms with Crippen LogP contribution in [0.5, 0.6) is 0 Å². The normalized spacial score (nSPS) is 19.8. The maximum atomic E-state index is 14.6. The van der Waals surface area contributed by atoms with Crippen molar-refractivity contribution in [3.63, 3.8) is 0 Å². The van der Waals surface area contributed by atoms with Gasteiger partial charge in [0, 0.05) is 32.0 Å². The molecule has 138 valence electrons. The number of hydrogen-bond acceptors (Lipinski definition) is 4. The number of alkyl halides is 1. The van der Waals surface area contributed by atoms with Gasteiger partial charge < -0.3 is 15.5 Å². The molecule has 0 radical (unpaired) electrons. The van der Waals surface area contributed by atoms with E-state index in [9.17, 15) is 4.39 Å². The summed E-state index contributed by atoms with van der Waals surface area (Å²) in [7, 11) is 0. The highest BCUT2D eigenvalue weighted by atomic mass is 19.1. The van der Waals surface area contributed by atoms with Crippen LogP contribution in [0.3, 0.4) is 0 Å². The van der Waals surface area contributed by atoms with Crippen molar-refractivity contribution >= 4 is 0 Å². The first-order valence-corrected chi connectivity index (χ1v) is 9.12. The Morgan fingerprint density at radius 2 is 2.12 bits per heavy atom. The smallest absolute Gasteiger partial charge is 0.133 e. The molecule has 4 nitrogen and oxygen atoms in total. The fraction of sp³-hybridized carbons (Fsp3) is 0.381. The fourth-order valence-electron chi connectivity index (χ4n) is 3.27. The van der Waals surface area contributed by atoms with Gasteiger partial charge in [-0.3, -0.25) is 4.98 Å². The highest BCUT2D eigenvalue weighted by molar-refractivity contribution is 5.22. The molecule has 0 spiro atoms. The van der Waals surface area contributed by atoms with E-state index in [0.29, 0.717) is 19.6 Å². The SMILES string of the molecule is C=C(NCc1cccnc1)N(Cc1ccc(C)cc1)C1CCNCC1F. The zero-order valence-electron chi connectivity index (χ0n) is 15.3. The Labute approximate surface area is 155 Å². The van der Waals surface area contributed by atoms with Gasteiger partial charge in [0.2, 0.25) is 0 Å². The molecule has 1 aromatic carbocycles. The van der Waals surface area contributed by atoms with Crippen molar-refractivity contribution in [1.82, 2.24) is 20.5 Å². The summed E-state index contributed by atoms with van der Waals surface area (Å²) in [6.45, 7) is 8.76. The molecule has 0 amide bonds. The fourth-order valence-corrected chi connectivity index (χ4v) is 3.27. The summed E-state index contributed by atoms with van der Waals surface area (Å²) in [5.41, 5.74) is 3.45. The van der Waals surface area contributed by atoms with Crippen molar-refractivity contribution < 1.29 is 4.39 Å². The van der Waals surface area contributed by atoms with Gasteiger partial charge in [-0.05, 0) is 37.1 Å². The number of hydrogen-bond donors (Lipinski definition) is 2. The second-order valence-corrected chi connectivity index (χ2v) is 6.85. The van der Waals surface area contributed by atoms with Crippen molar-refractivity contribution in [2.75, 3.05) is 13.1 Å². The van der Waals surface area contributed by atoms with Crippen molar-refractivity contribution in [3.8, 4) is 0 Å². The van der Waals surface area contributed by atoms with Crippen LogP contribution < -0.4 is 10.6 Å². The maximum absolute atomic E-state index is 14.6. The molecule has 26 heavy (non-hydrogen) atoms. The Morgan fingerprint density at radius 3 is 2.81 bits per heavy atom. The van der Waals surface area contributed by atoms with Crippen LogP contribution in [-0.2, 0) is 13.1 Å². The topological polar surface area (TPSA) is 40.2 Å². The molecule has 5 heteroatoms. The van der Waals surface area contributed by atoms with Gasteiger partial charge in [-0.1, -0.05) is 42.5 Å². The molecule has 1 saturated heterocycles. The summed E-state index contributed by atoms with van der Waals surface area (Å²) in [4.78, 5) is 6.21. The lowest BCUT2D eigenvalue weighted by Gasteiger charge is -2.39. The van der Waals surface area contributed by atoms with E-state index >= 15 is 0 Å². The number of nitrogens with one attached hydrogen (secondary N) is 2. The van der Waals surface area contributed by atoms with Gasteiger partial charge >= 0.3 is 0 Å². The second kappa shape index (κ2) is 8.81. The number of benzene rings is 1. The minimum atomic E-state index is -0.911. The summed E-state index contributed by atoms with van der Waals surface area (Å²) in [5, 5.41) is 6.48. The number of pyridine rings is 1. The highest BCUT2D eigenvalue weighted by Crippen LogP contribution is 2.22. The zero-order valence-corrected chi connectivity index (χ0v) is 15.3. The summed E-state index contributed by atoms with van der Waals surface area (Å²) >= 11 is 0. The van der Waals surface area contributed by atoms with Crippen LogP contribution in [0.4, 0.5) is 4.39 Å². The molecule has 1 fully saturated rings. The van der Waals surface area contributed by atoms with E-state index in [-0.39, 0.29) is 6.04 Å². The Hall–Kier alpha value is -2.40. The average Bonchev–Trinajstić information content (AvgIpc) is 2.67. The number of aryl methyl sites for hydroxylation is 1. The lowest BCUT2D eigenvalue weighted by atomic mass is 10.0. The Morgan fingerprint density at radius 1 is 1.31 bits per heavy atom. The molecule has 2 unspecified atom stereocenters. The highest BCUT2D eigenvalue weighted by Gasteiger charge is 2.31. The van der Waals surface area contributed by atoms with E-state index in [4.69, 9.17) is 0 Å². The molecule has 0 saturated carbocycles. The second-order valence-electron chi connectivity index (χ2n) is 6.85. The van der Waals surface area contributed by atoms with Gasteiger partial charge in [-0.25, -0.2) is 4.39 Å². The van der Waals surface area contributed by atoms with Gasteiger partial charge in [0.1, 0.15) is 6.17 Å². The van der Waals surface area contributed by atoms with Gasteiger partial charge in [0.05, 0.1) is 11.9 Å². The van der Waals surface area contributed by atoms with Crippen LogP contribution >= 0.6 is 0 Å². The summed E-state index contributed by atoms with van der Waals surface area (Å²) in [6, 6.07) is 12.1. The van der Waals surface area contributed by atoms with Crippen molar-refractivity contribution in [1.29, 1.82) is 0 Å². The van der Waals surface area contributed by atoms with Crippen LogP contribution in [0, 0.1) is 6.92 Å². The molecular weight excluding hydrogens is 327 g/mol. The average molecular weight is 354 g/mol. The van der Waals surface area contributed by atoms with Crippen LogP contribution in [0.1, 0.15) is 23.1 Å². The third-order valence-electron chi connectivity index (χ3n) is 4.81. The number of nitrogens with zero attached hydrogens (tertiary/aromatic N) is 2. The standard InChI is InChI=1S/C21H27FN4/c1-16-5-7-18(8-6-16)15-26(21-9-11-24-14-20(21)22)17(2)25-13-19-4-3-10-23-12-19/h3-8,10,12,20-21,24-25H,2,9,11,13-15H2,1H3. The molecule has 3 rings (SSSR count). The van der Waals surface area contributed by atoms with Crippen LogP contribution in [0.2, 0.25) is 0 Å². The van der Waals surface area contributed by atoms with Crippen molar-refractivity contribution in [2.45, 2.75) is 38.6 Å². The first-order valence-electron chi connectivity index (χ1n) is 9.12. The van der Waals surface area contributed by atoms with E-state index in [1.54, 1.807) is 6.20 Å². The van der Waals surface area contributed by atoms with E-state index in [2.05, 4.69) is 58.3 Å². The number of aromatic nitrogens is 1. The Bertz CT molecular complexity index is 702. The Kier molecular flexibility index (Phi) is 6.23. The summed E-state index contributed by atoms with van der Waals surface area (Å²) in [6.07, 6.45) is 3.43. The largest absolute Gasteiger partial charge is 0.368 e. The van der Waals surface area contributed by atoms with Gasteiger partial charge in [0.25, 0.3) is 0 Å². The molecule has 0 bridgehead atoms. The molecule has 2 N–H and O–H groups in total.